The molecule has 0 saturated heterocycles. The lowest BCUT2D eigenvalue weighted by Crippen LogP contribution is -2.53. The first kappa shape index (κ1) is 14.4. The van der Waals surface area contributed by atoms with Crippen molar-refractivity contribution in [2.45, 2.75) is 38.2 Å². The number of hydrogen-bond acceptors (Lipinski definition) is 4. The topological polar surface area (TPSA) is 84.6 Å². The Morgan fingerprint density at radius 3 is 2.65 bits per heavy atom. The van der Waals surface area contributed by atoms with Gasteiger partial charge in [-0.25, -0.2) is 0 Å². The number of aliphatic hydroxyl groups is 1. The molecule has 5 nitrogen and oxygen atoms in total. The number of nitrogens with two attached hydrogens (primary N) is 1. The van der Waals surface area contributed by atoms with Gasteiger partial charge in [-0.05, 0) is 19.8 Å². The molecule has 0 aromatic rings. The van der Waals surface area contributed by atoms with Gasteiger partial charge in [-0.2, -0.15) is 0 Å². The van der Waals surface area contributed by atoms with E-state index in [0.29, 0.717) is 19.6 Å². The van der Waals surface area contributed by atoms with Crippen molar-refractivity contribution in [1.29, 1.82) is 0 Å². The lowest BCUT2D eigenvalue weighted by atomic mass is 9.68. The molecule has 1 atom stereocenters. The van der Waals surface area contributed by atoms with Crippen molar-refractivity contribution in [2.24, 2.45) is 11.1 Å². The van der Waals surface area contributed by atoms with Crippen molar-refractivity contribution in [2.75, 3.05) is 26.8 Å². The lowest BCUT2D eigenvalue weighted by Gasteiger charge is -2.39. The van der Waals surface area contributed by atoms with Gasteiger partial charge < -0.3 is 20.9 Å². The fourth-order valence-corrected chi connectivity index (χ4v) is 2.00. The highest BCUT2D eigenvalue weighted by molar-refractivity contribution is 5.83. The van der Waals surface area contributed by atoms with Gasteiger partial charge in [0, 0.05) is 33.2 Å². The van der Waals surface area contributed by atoms with Crippen molar-refractivity contribution < 1.29 is 14.6 Å². The van der Waals surface area contributed by atoms with Crippen LogP contribution in [-0.4, -0.2) is 43.4 Å². The Balaban J connectivity index is 2.36. The number of rotatable bonds is 7. The number of carbonyl (C=O) groups excluding carboxylic acids is 1. The molecule has 17 heavy (non-hydrogen) atoms. The first-order valence-corrected chi connectivity index (χ1v) is 6.15. The highest BCUT2D eigenvalue weighted by Crippen LogP contribution is 2.40. The zero-order valence-electron chi connectivity index (χ0n) is 10.8. The number of carbonyl (C=O) groups is 1. The number of methoxy groups -OCH3 is 1. The van der Waals surface area contributed by atoms with E-state index in [1.807, 2.05) is 0 Å². The molecule has 0 bridgehead atoms. The van der Waals surface area contributed by atoms with Crippen LogP contribution in [0.25, 0.3) is 0 Å². The van der Waals surface area contributed by atoms with E-state index in [4.69, 9.17) is 10.5 Å². The van der Waals surface area contributed by atoms with Gasteiger partial charge in [0.1, 0.15) is 0 Å². The standard InChI is InChI=1S/C12H24N2O3/c1-11(16,6-7-17-2)9-14-10(15)12(8-13)4-3-5-12/h16H,3-9,13H2,1-2H3,(H,14,15). The minimum Gasteiger partial charge on any atom is -0.388 e. The van der Waals surface area contributed by atoms with E-state index in [0.717, 1.165) is 19.3 Å². The highest BCUT2D eigenvalue weighted by atomic mass is 16.5. The second-order valence-electron chi connectivity index (χ2n) is 5.26. The molecule has 1 aliphatic rings. The number of amides is 1. The molecule has 5 heteroatoms. The van der Waals surface area contributed by atoms with Gasteiger partial charge >= 0.3 is 0 Å². The number of hydrogen-bond donors (Lipinski definition) is 3. The van der Waals surface area contributed by atoms with Gasteiger partial charge in [-0.15, -0.1) is 0 Å². The predicted molar refractivity (Wildman–Crippen MR) is 65.5 cm³/mol. The van der Waals surface area contributed by atoms with Crippen LogP contribution in [0, 0.1) is 5.41 Å². The van der Waals surface area contributed by atoms with Gasteiger partial charge in [-0.3, -0.25) is 4.79 Å². The first-order chi connectivity index (χ1) is 7.96. The van der Waals surface area contributed by atoms with Crippen LogP contribution in [0.2, 0.25) is 0 Å². The molecule has 0 heterocycles. The van der Waals surface area contributed by atoms with E-state index < -0.39 is 5.60 Å². The average Bonchev–Trinajstić information content (AvgIpc) is 2.23. The third kappa shape index (κ3) is 3.66. The molecule has 0 spiro atoms. The van der Waals surface area contributed by atoms with Crippen molar-refractivity contribution >= 4 is 5.91 Å². The Kier molecular flexibility index (Phi) is 4.91. The molecule has 0 aromatic carbocycles. The molecule has 1 aliphatic carbocycles. The summed E-state index contributed by atoms with van der Waals surface area (Å²) >= 11 is 0. The maximum atomic E-state index is 12.0. The number of ether oxygens (including phenoxy) is 1. The third-order valence-corrected chi connectivity index (χ3v) is 3.66. The summed E-state index contributed by atoms with van der Waals surface area (Å²) in [5, 5.41) is 12.8. The second kappa shape index (κ2) is 5.80. The fourth-order valence-electron chi connectivity index (χ4n) is 2.00. The Bertz CT molecular complexity index is 257. The van der Waals surface area contributed by atoms with E-state index in [2.05, 4.69) is 5.32 Å². The van der Waals surface area contributed by atoms with E-state index in [-0.39, 0.29) is 17.9 Å². The maximum absolute atomic E-state index is 12.0. The molecule has 1 amide bonds. The molecule has 1 rings (SSSR count). The van der Waals surface area contributed by atoms with Gasteiger partial charge in [-0.1, -0.05) is 6.42 Å². The Morgan fingerprint density at radius 2 is 2.24 bits per heavy atom. The summed E-state index contributed by atoms with van der Waals surface area (Å²) in [6.45, 7) is 2.81. The average molecular weight is 244 g/mol. The van der Waals surface area contributed by atoms with Crippen LogP contribution < -0.4 is 11.1 Å². The van der Waals surface area contributed by atoms with Crippen LogP contribution in [-0.2, 0) is 9.53 Å². The molecule has 4 N–H and O–H groups in total. The lowest BCUT2D eigenvalue weighted by molar-refractivity contribution is -0.136. The summed E-state index contributed by atoms with van der Waals surface area (Å²) in [5.41, 5.74) is 4.34. The summed E-state index contributed by atoms with van der Waals surface area (Å²) < 4.78 is 4.91. The molecule has 1 saturated carbocycles. The third-order valence-electron chi connectivity index (χ3n) is 3.66. The van der Waals surface area contributed by atoms with Crippen molar-refractivity contribution in [3.05, 3.63) is 0 Å². The zero-order chi connectivity index (χ0) is 12.9. The largest absolute Gasteiger partial charge is 0.388 e. The van der Waals surface area contributed by atoms with Gasteiger partial charge in [0.15, 0.2) is 0 Å². The molecule has 1 unspecified atom stereocenters. The molecule has 0 aromatic heterocycles. The summed E-state index contributed by atoms with van der Waals surface area (Å²) in [5.74, 6) is -0.0241. The Labute approximate surface area is 103 Å². The molecular formula is C12H24N2O3. The molecule has 0 aliphatic heterocycles. The van der Waals surface area contributed by atoms with E-state index in [9.17, 15) is 9.90 Å². The molecular weight excluding hydrogens is 220 g/mol. The van der Waals surface area contributed by atoms with Crippen LogP contribution in [0.15, 0.2) is 0 Å². The molecule has 0 radical (unpaired) electrons. The van der Waals surface area contributed by atoms with Crippen LogP contribution in [0.3, 0.4) is 0 Å². The maximum Gasteiger partial charge on any atom is 0.227 e. The van der Waals surface area contributed by atoms with Crippen LogP contribution in [0.5, 0.6) is 0 Å². The second-order valence-corrected chi connectivity index (χ2v) is 5.26. The highest BCUT2D eigenvalue weighted by Gasteiger charge is 2.43. The monoisotopic (exact) mass is 244 g/mol. The normalized spacial score (nSPS) is 21.4. The first-order valence-electron chi connectivity index (χ1n) is 6.15. The predicted octanol–water partition coefficient (Wildman–Crippen LogP) is 0.0191. The zero-order valence-corrected chi connectivity index (χ0v) is 10.8. The molecule has 1 fully saturated rings. The van der Waals surface area contributed by atoms with E-state index in [1.54, 1.807) is 14.0 Å². The summed E-state index contributed by atoms with van der Waals surface area (Å²) in [6, 6.07) is 0. The van der Waals surface area contributed by atoms with Crippen LogP contribution in [0.4, 0.5) is 0 Å². The minimum absolute atomic E-state index is 0.0241. The van der Waals surface area contributed by atoms with Crippen molar-refractivity contribution in [3.63, 3.8) is 0 Å². The quantitative estimate of drug-likeness (QED) is 0.589. The summed E-state index contributed by atoms with van der Waals surface area (Å²) in [6.07, 6.45) is 3.27. The van der Waals surface area contributed by atoms with E-state index >= 15 is 0 Å². The SMILES string of the molecule is COCCC(C)(O)CNC(=O)C1(CN)CCC1. The van der Waals surface area contributed by atoms with E-state index in [1.165, 1.54) is 0 Å². The Hall–Kier alpha value is -0.650. The smallest absolute Gasteiger partial charge is 0.227 e. The summed E-state index contributed by atoms with van der Waals surface area (Å²) in [4.78, 5) is 12.0. The Morgan fingerprint density at radius 1 is 1.59 bits per heavy atom. The fraction of sp³-hybridized carbons (Fsp3) is 0.917. The molecule has 100 valence electrons. The van der Waals surface area contributed by atoms with Crippen LogP contribution >= 0.6 is 0 Å². The van der Waals surface area contributed by atoms with Gasteiger partial charge in [0.05, 0.1) is 11.0 Å². The van der Waals surface area contributed by atoms with Crippen LogP contribution in [0.1, 0.15) is 32.6 Å². The number of nitrogens with one attached hydrogen (secondary N) is 1. The van der Waals surface area contributed by atoms with Crippen molar-refractivity contribution in [1.82, 2.24) is 5.32 Å². The van der Waals surface area contributed by atoms with Crippen molar-refractivity contribution in [3.8, 4) is 0 Å². The van der Waals surface area contributed by atoms with Gasteiger partial charge in [0.25, 0.3) is 0 Å². The minimum atomic E-state index is -0.925. The summed E-state index contributed by atoms with van der Waals surface area (Å²) in [7, 11) is 1.59. The van der Waals surface area contributed by atoms with Gasteiger partial charge in [0.2, 0.25) is 5.91 Å².